The first-order chi connectivity index (χ1) is 14.7. The van der Waals surface area contributed by atoms with E-state index in [0.717, 1.165) is 61.3 Å². The van der Waals surface area contributed by atoms with Crippen molar-refractivity contribution in [1.29, 1.82) is 0 Å². The van der Waals surface area contributed by atoms with Gasteiger partial charge in [-0.25, -0.2) is 0 Å². The van der Waals surface area contributed by atoms with Crippen molar-refractivity contribution in [1.82, 2.24) is 19.9 Å². The first-order valence-corrected chi connectivity index (χ1v) is 10.5. The number of carbonyl (C=O) groups is 1. The Hall–Kier alpha value is -3.19. The minimum absolute atomic E-state index is 0.192. The second kappa shape index (κ2) is 9.09. The number of rotatable bonds is 7. The third-order valence-electron chi connectivity index (χ3n) is 5.48. The normalized spacial score (nSPS) is 12.7. The first kappa shape index (κ1) is 20.1. The Morgan fingerprint density at radius 1 is 1.27 bits per heavy atom. The number of hydrogen-bond acceptors (Lipinski definition) is 4. The van der Waals surface area contributed by atoms with Crippen molar-refractivity contribution in [2.75, 3.05) is 18.4 Å². The Bertz CT molecular complexity index is 1100. The van der Waals surface area contributed by atoms with Gasteiger partial charge in [0.1, 0.15) is 5.69 Å². The van der Waals surface area contributed by atoms with Crippen LogP contribution in [-0.2, 0) is 19.4 Å². The van der Waals surface area contributed by atoms with Crippen LogP contribution in [0.15, 0.2) is 47.7 Å². The summed E-state index contributed by atoms with van der Waals surface area (Å²) in [6.45, 7) is 4.41. The molecule has 0 bridgehead atoms. The molecule has 0 fully saturated rings. The average molecular weight is 406 g/mol. The summed E-state index contributed by atoms with van der Waals surface area (Å²) in [5.74, 6) is -0.298. The number of fused-ring (bicyclic) bond motifs is 3. The number of carbonyl (C=O) groups excluding carboxylic acids is 1. The summed E-state index contributed by atoms with van der Waals surface area (Å²) in [5.41, 5.74) is 4.49. The van der Waals surface area contributed by atoms with Gasteiger partial charge in [-0.05, 0) is 62.5 Å². The van der Waals surface area contributed by atoms with Crippen LogP contribution in [0.25, 0.3) is 11.3 Å². The number of hydrogen-bond donors (Lipinski definition) is 3. The molecule has 1 aliphatic rings. The maximum atomic E-state index is 13.1. The monoisotopic (exact) mass is 405 g/mol. The molecule has 0 saturated heterocycles. The molecule has 1 amide bonds. The zero-order chi connectivity index (χ0) is 20.9. The van der Waals surface area contributed by atoms with Crippen molar-refractivity contribution in [2.45, 2.75) is 39.2 Å². The summed E-state index contributed by atoms with van der Waals surface area (Å²) in [5, 5.41) is 6.07. The number of aryl methyl sites for hydroxylation is 3. The number of amides is 1. The molecule has 3 aromatic heterocycles. The molecule has 4 rings (SSSR count). The van der Waals surface area contributed by atoms with Crippen LogP contribution in [0, 0.1) is 0 Å². The summed E-state index contributed by atoms with van der Waals surface area (Å²) in [7, 11) is 0. The Balaban J connectivity index is 1.59. The van der Waals surface area contributed by atoms with Gasteiger partial charge in [0, 0.05) is 36.4 Å². The standard InChI is InChI=1S/C23H27N5O2/c1-2-24-11-6-14-28-13-5-10-19(23(28)30)27-22(29)17-15-26-18-9-3-7-16-8-4-12-25-21(16)20(17)18/h4-5,8,10,12-13,15,24,26H,2-3,6-7,9,11,14H2,1H3,(H,27,29). The van der Waals surface area contributed by atoms with Gasteiger partial charge in [-0.2, -0.15) is 0 Å². The molecule has 0 spiro atoms. The molecule has 30 heavy (non-hydrogen) atoms. The van der Waals surface area contributed by atoms with E-state index in [1.54, 1.807) is 35.3 Å². The third kappa shape index (κ3) is 4.07. The molecule has 0 radical (unpaired) electrons. The Kier molecular flexibility index (Phi) is 6.09. The van der Waals surface area contributed by atoms with Gasteiger partial charge in [0.05, 0.1) is 11.3 Å². The van der Waals surface area contributed by atoms with Crippen LogP contribution in [0.3, 0.4) is 0 Å². The zero-order valence-corrected chi connectivity index (χ0v) is 17.2. The SMILES string of the molecule is CCNCCCn1cccc(NC(=O)c2c[nH]c3c2-c2ncccc2CCC3)c1=O. The molecular weight excluding hydrogens is 378 g/mol. The highest BCUT2D eigenvalue weighted by Crippen LogP contribution is 2.33. The van der Waals surface area contributed by atoms with Crippen LogP contribution < -0.4 is 16.2 Å². The number of anilines is 1. The summed E-state index contributed by atoms with van der Waals surface area (Å²) < 4.78 is 1.64. The van der Waals surface area contributed by atoms with Crippen molar-refractivity contribution >= 4 is 11.6 Å². The van der Waals surface area contributed by atoms with Gasteiger partial charge in [0.2, 0.25) is 0 Å². The lowest BCUT2D eigenvalue weighted by Crippen LogP contribution is -2.27. The highest BCUT2D eigenvalue weighted by Gasteiger charge is 2.24. The summed E-state index contributed by atoms with van der Waals surface area (Å²) >= 11 is 0. The lowest BCUT2D eigenvalue weighted by Gasteiger charge is -2.11. The fraction of sp³-hybridized carbons (Fsp3) is 0.348. The Morgan fingerprint density at radius 2 is 2.17 bits per heavy atom. The molecule has 3 N–H and O–H groups in total. The van der Waals surface area contributed by atoms with Crippen LogP contribution in [0.4, 0.5) is 5.69 Å². The molecule has 7 nitrogen and oxygen atoms in total. The number of pyridine rings is 2. The van der Waals surface area contributed by atoms with Crippen molar-refractivity contribution < 1.29 is 4.79 Å². The van der Waals surface area contributed by atoms with Crippen LogP contribution >= 0.6 is 0 Å². The van der Waals surface area contributed by atoms with Gasteiger partial charge in [0.25, 0.3) is 11.5 Å². The Labute approximate surface area is 175 Å². The van der Waals surface area contributed by atoms with Crippen molar-refractivity contribution in [3.05, 3.63) is 70.0 Å². The van der Waals surface area contributed by atoms with Gasteiger partial charge in [0.15, 0.2) is 0 Å². The predicted molar refractivity (Wildman–Crippen MR) is 118 cm³/mol. The van der Waals surface area contributed by atoms with E-state index >= 15 is 0 Å². The van der Waals surface area contributed by atoms with E-state index in [9.17, 15) is 9.59 Å². The number of nitrogens with one attached hydrogen (secondary N) is 3. The number of H-pyrrole nitrogens is 1. The minimum atomic E-state index is -0.298. The van der Waals surface area contributed by atoms with Gasteiger partial charge >= 0.3 is 0 Å². The molecule has 7 heteroatoms. The van der Waals surface area contributed by atoms with Crippen molar-refractivity contribution in [3.8, 4) is 11.3 Å². The lowest BCUT2D eigenvalue weighted by molar-refractivity contribution is 0.102. The van der Waals surface area contributed by atoms with Crippen molar-refractivity contribution in [2.24, 2.45) is 0 Å². The van der Waals surface area contributed by atoms with Crippen LogP contribution in [0.1, 0.15) is 41.4 Å². The lowest BCUT2D eigenvalue weighted by atomic mass is 10.0. The maximum Gasteiger partial charge on any atom is 0.274 e. The van der Waals surface area contributed by atoms with Crippen LogP contribution in [-0.4, -0.2) is 33.5 Å². The fourth-order valence-corrected chi connectivity index (χ4v) is 3.98. The zero-order valence-electron chi connectivity index (χ0n) is 17.2. The van der Waals surface area contributed by atoms with Gasteiger partial charge < -0.3 is 20.2 Å². The van der Waals surface area contributed by atoms with E-state index in [0.29, 0.717) is 12.1 Å². The third-order valence-corrected chi connectivity index (χ3v) is 5.48. The molecule has 3 aromatic rings. The minimum Gasteiger partial charge on any atom is -0.364 e. The van der Waals surface area contributed by atoms with Crippen LogP contribution in [0.5, 0.6) is 0 Å². The molecule has 156 valence electrons. The molecule has 0 aromatic carbocycles. The topological polar surface area (TPSA) is 91.8 Å². The van der Waals surface area contributed by atoms with E-state index in [-0.39, 0.29) is 17.2 Å². The van der Waals surface area contributed by atoms with Gasteiger partial charge in [-0.1, -0.05) is 13.0 Å². The molecule has 0 atom stereocenters. The molecule has 0 unspecified atom stereocenters. The summed E-state index contributed by atoms with van der Waals surface area (Å²) in [4.78, 5) is 33.7. The second-order valence-electron chi connectivity index (χ2n) is 7.50. The maximum absolute atomic E-state index is 13.1. The molecular formula is C23H27N5O2. The van der Waals surface area contributed by atoms with E-state index < -0.39 is 0 Å². The fourth-order valence-electron chi connectivity index (χ4n) is 3.98. The molecule has 1 aliphatic carbocycles. The summed E-state index contributed by atoms with van der Waals surface area (Å²) in [6.07, 6.45) is 8.88. The smallest absolute Gasteiger partial charge is 0.274 e. The largest absolute Gasteiger partial charge is 0.364 e. The number of aromatic amines is 1. The van der Waals surface area contributed by atoms with Gasteiger partial charge in [-0.15, -0.1) is 0 Å². The van der Waals surface area contributed by atoms with E-state index in [1.165, 1.54) is 0 Å². The number of aromatic nitrogens is 3. The molecule has 3 heterocycles. The quantitative estimate of drug-likeness (QED) is 0.527. The second-order valence-corrected chi connectivity index (χ2v) is 7.50. The van der Waals surface area contributed by atoms with Crippen molar-refractivity contribution in [3.63, 3.8) is 0 Å². The molecule has 0 saturated carbocycles. The predicted octanol–water partition coefficient (Wildman–Crippen LogP) is 2.98. The van der Waals surface area contributed by atoms with Crippen LogP contribution in [0.2, 0.25) is 0 Å². The number of nitrogens with zero attached hydrogens (tertiary/aromatic N) is 2. The highest BCUT2D eigenvalue weighted by atomic mass is 16.2. The Morgan fingerprint density at radius 3 is 3.03 bits per heavy atom. The van der Waals surface area contributed by atoms with Gasteiger partial charge in [-0.3, -0.25) is 14.6 Å². The molecule has 0 aliphatic heterocycles. The average Bonchev–Trinajstić information content (AvgIpc) is 3.09. The van der Waals surface area contributed by atoms with E-state index in [2.05, 4.69) is 33.6 Å². The highest BCUT2D eigenvalue weighted by molar-refractivity contribution is 6.09. The summed E-state index contributed by atoms with van der Waals surface area (Å²) in [6, 6.07) is 7.44. The first-order valence-electron chi connectivity index (χ1n) is 10.5. The van der Waals surface area contributed by atoms with E-state index in [4.69, 9.17) is 0 Å². The van der Waals surface area contributed by atoms with E-state index in [1.807, 2.05) is 6.07 Å².